The van der Waals surface area contributed by atoms with Crippen LogP contribution in [0.4, 0.5) is 5.69 Å². The number of nitrogens with zero attached hydrogens (tertiary/aromatic N) is 1. The lowest BCUT2D eigenvalue weighted by Crippen LogP contribution is -2.26. The molecule has 1 aliphatic heterocycles. The Morgan fingerprint density at radius 1 is 1.33 bits per heavy atom. The topological polar surface area (TPSA) is 65.1 Å². The molecule has 21 heavy (non-hydrogen) atoms. The highest BCUT2D eigenvalue weighted by molar-refractivity contribution is 6.00. The standard InChI is InChI=1S/C15H19NO5/c1-4-21-15(18)10-7-14(17)16(9-10)12-6-5-11(19-2)8-13(12)20-3/h5-6,8,10H,4,7,9H2,1-3H3/t10-/m0/s1. The number of hydrogen-bond acceptors (Lipinski definition) is 5. The van der Waals surface area contributed by atoms with Crippen LogP contribution in [0.2, 0.25) is 0 Å². The van der Waals surface area contributed by atoms with Crippen molar-refractivity contribution >= 4 is 17.6 Å². The molecule has 0 bridgehead atoms. The fraction of sp³-hybridized carbons (Fsp3) is 0.467. The molecule has 114 valence electrons. The van der Waals surface area contributed by atoms with Crippen molar-refractivity contribution in [3.63, 3.8) is 0 Å². The van der Waals surface area contributed by atoms with E-state index in [4.69, 9.17) is 14.2 Å². The maximum absolute atomic E-state index is 12.1. The second-order valence-corrected chi connectivity index (χ2v) is 4.70. The molecule has 0 saturated carbocycles. The number of rotatable bonds is 5. The summed E-state index contributed by atoms with van der Waals surface area (Å²) in [6, 6.07) is 5.21. The third-order valence-electron chi connectivity index (χ3n) is 3.42. The summed E-state index contributed by atoms with van der Waals surface area (Å²) in [6.45, 7) is 2.37. The fourth-order valence-electron chi connectivity index (χ4n) is 2.37. The van der Waals surface area contributed by atoms with E-state index in [-0.39, 0.29) is 18.3 Å². The molecule has 1 saturated heterocycles. The van der Waals surface area contributed by atoms with Gasteiger partial charge in [-0.2, -0.15) is 0 Å². The van der Waals surface area contributed by atoms with Gasteiger partial charge in [0.1, 0.15) is 11.5 Å². The van der Waals surface area contributed by atoms with Crippen LogP contribution in [0.1, 0.15) is 13.3 Å². The minimum absolute atomic E-state index is 0.114. The van der Waals surface area contributed by atoms with Crippen LogP contribution in [0.15, 0.2) is 18.2 Å². The second-order valence-electron chi connectivity index (χ2n) is 4.70. The summed E-state index contributed by atoms with van der Waals surface area (Å²) >= 11 is 0. The molecule has 6 nitrogen and oxygen atoms in total. The zero-order chi connectivity index (χ0) is 15.4. The van der Waals surface area contributed by atoms with E-state index >= 15 is 0 Å². The van der Waals surface area contributed by atoms with E-state index in [0.29, 0.717) is 30.3 Å². The van der Waals surface area contributed by atoms with E-state index in [1.165, 1.54) is 7.11 Å². The van der Waals surface area contributed by atoms with Gasteiger partial charge in [0, 0.05) is 19.0 Å². The Kier molecular flexibility index (Phi) is 4.67. The predicted octanol–water partition coefficient (Wildman–Crippen LogP) is 1.62. The van der Waals surface area contributed by atoms with Crippen molar-refractivity contribution in [3.05, 3.63) is 18.2 Å². The van der Waals surface area contributed by atoms with Crippen molar-refractivity contribution in [3.8, 4) is 11.5 Å². The van der Waals surface area contributed by atoms with Crippen LogP contribution in [-0.2, 0) is 14.3 Å². The highest BCUT2D eigenvalue weighted by Crippen LogP contribution is 2.35. The SMILES string of the molecule is CCOC(=O)[C@H]1CC(=O)N(c2ccc(OC)cc2OC)C1. The van der Waals surface area contributed by atoms with Crippen LogP contribution in [0, 0.1) is 5.92 Å². The van der Waals surface area contributed by atoms with Crippen LogP contribution < -0.4 is 14.4 Å². The third kappa shape index (κ3) is 3.09. The van der Waals surface area contributed by atoms with Crippen LogP contribution in [-0.4, -0.2) is 39.2 Å². The molecule has 1 aromatic carbocycles. The van der Waals surface area contributed by atoms with Gasteiger partial charge in [0.15, 0.2) is 0 Å². The van der Waals surface area contributed by atoms with E-state index < -0.39 is 5.92 Å². The molecule has 0 aliphatic carbocycles. The Hall–Kier alpha value is -2.24. The summed E-state index contributed by atoms with van der Waals surface area (Å²) in [6.07, 6.45) is 0.161. The molecule has 2 rings (SSSR count). The first kappa shape index (κ1) is 15.2. The van der Waals surface area contributed by atoms with E-state index in [0.717, 1.165) is 0 Å². The molecule has 6 heteroatoms. The first-order chi connectivity index (χ1) is 10.1. The Morgan fingerprint density at radius 2 is 2.10 bits per heavy atom. The summed E-state index contributed by atoms with van der Waals surface area (Å²) in [5.41, 5.74) is 0.634. The zero-order valence-electron chi connectivity index (χ0n) is 12.4. The highest BCUT2D eigenvalue weighted by Gasteiger charge is 2.37. The van der Waals surface area contributed by atoms with Crippen LogP contribution in [0.5, 0.6) is 11.5 Å². The lowest BCUT2D eigenvalue weighted by Gasteiger charge is -2.20. The summed E-state index contributed by atoms with van der Waals surface area (Å²) in [4.78, 5) is 25.5. The largest absolute Gasteiger partial charge is 0.497 e. The Labute approximate surface area is 123 Å². The molecule has 0 spiro atoms. The van der Waals surface area contributed by atoms with Crippen molar-refractivity contribution in [2.75, 3.05) is 32.3 Å². The number of anilines is 1. The van der Waals surface area contributed by atoms with Gasteiger partial charge < -0.3 is 19.1 Å². The Balaban J connectivity index is 2.22. The van der Waals surface area contributed by atoms with Gasteiger partial charge in [-0.05, 0) is 19.1 Å². The molecular formula is C15H19NO5. The van der Waals surface area contributed by atoms with Crippen LogP contribution >= 0.6 is 0 Å². The van der Waals surface area contributed by atoms with Gasteiger partial charge in [0.2, 0.25) is 5.91 Å². The van der Waals surface area contributed by atoms with Gasteiger partial charge in [-0.15, -0.1) is 0 Å². The molecule has 1 aliphatic rings. The van der Waals surface area contributed by atoms with E-state index in [9.17, 15) is 9.59 Å². The normalized spacial score (nSPS) is 17.8. The van der Waals surface area contributed by atoms with E-state index in [1.807, 2.05) is 0 Å². The minimum atomic E-state index is -0.427. The quantitative estimate of drug-likeness (QED) is 0.772. The van der Waals surface area contributed by atoms with Gasteiger partial charge >= 0.3 is 5.97 Å². The first-order valence-electron chi connectivity index (χ1n) is 6.79. The van der Waals surface area contributed by atoms with Gasteiger partial charge in [-0.25, -0.2) is 0 Å². The Morgan fingerprint density at radius 3 is 2.71 bits per heavy atom. The lowest BCUT2D eigenvalue weighted by molar-refractivity contribution is -0.147. The highest BCUT2D eigenvalue weighted by atomic mass is 16.5. The molecule has 0 N–H and O–H groups in total. The van der Waals surface area contributed by atoms with E-state index in [2.05, 4.69) is 0 Å². The number of esters is 1. The van der Waals surface area contributed by atoms with Crippen molar-refractivity contribution in [1.82, 2.24) is 0 Å². The average Bonchev–Trinajstić information content (AvgIpc) is 2.88. The molecule has 1 heterocycles. The number of carbonyl (C=O) groups is 2. The molecule has 1 amide bonds. The fourth-order valence-corrected chi connectivity index (χ4v) is 2.37. The molecule has 0 unspecified atom stereocenters. The maximum Gasteiger partial charge on any atom is 0.311 e. The van der Waals surface area contributed by atoms with Crippen LogP contribution in [0.25, 0.3) is 0 Å². The van der Waals surface area contributed by atoms with Crippen molar-refractivity contribution in [2.24, 2.45) is 5.92 Å². The molecule has 0 radical (unpaired) electrons. The molecule has 1 fully saturated rings. The molecule has 1 atom stereocenters. The number of amides is 1. The van der Waals surface area contributed by atoms with Crippen LogP contribution in [0.3, 0.4) is 0 Å². The monoisotopic (exact) mass is 293 g/mol. The summed E-state index contributed by atoms with van der Waals surface area (Å²) in [5.74, 6) is 0.304. The second kappa shape index (κ2) is 6.47. The number of ether oxygens (including phenoxy) is 3. The predicted molar refractivity (Wildman–Crippen MR) is 76.6 cm³/mol. The molecular weight excluding hydrogens is 274 g/mol. The first-order valence-corrected chi connectivity index (χ1v) is 6.79. The van der Waals surface area contributed by atoms with Crippen molar-refractivity contribution in [2.45, 2.75) is 13.3 Å². The smallest absolute Gasteiger partial charge is 0.311 e. The number of carbonyl (C=O) groups excluding carboxylic acids is 2. The van der Waals surface area contributed by atoms with Gasteiger partial charge in [-0.3, -0.25) is 9.59 Å². The third-order valence-corrected chi connectivity index (χ3v) is 3.42. The van der Waals surface area contributed by atoms with Crippen molar-refractivity contribution in [1.29, 1.82) is 0 Å². The maximum atomic E-state index is 12.1. The van der Waals surface area contributed by atoms with E-state index in [1.54, 1.807) is 37.1 Å². The molecule has 1 aromatic rings. The Bertz CT molecular complexity index is 543. The zero-order valence-corrected chi connectivity index (χ0v) is 12.4. The average molecular weight is 293 g/mol. The van der Waals surface area contributed by atoms with Crippen molar-refractivity contribution < 1.29 is 23.8 Å². The molecule has 0 aromatic heterocycles. The number of hydrogen-bond donors (Lipinski definition) is 0. The number of benzene rings is 1. The summed E-state index contributed by atoms with van der Waals surface area (Å²) in [7, 11) is 3.09. The lowest BCUT2D eigenvalue weighted by atomic mass is 10.1. The summed E-state index contributed by atoms with van der Waals surface area (Å²) < 4.78 is 15.4. The minimum Gasteiger partial charge on any atom is -0.497 e. The van der Waals surface area contributed by atoms with Gasteiger partial charge in [0.05, 0.1) is 32.4 Å². The van der Waals surface area contributed by atoms with Gasteiger partial charge in [0.25, 0.3) is 0 Å². The summed E-state index contributed by atoms with van der Waals surface area (Å²) in [5, 5.41) is 0. The number of methoxy groups -OCH3 is 2. The van der Waals surface area contributed by atoms with Gasteiger partial charge in [-0.1, -0.05) is 0 Å².